The zero-order valence-corrected chi connectivity index (χ0v) is 17.7. The van der Waals surface area contributed by atoms with Gasteiger partial charge >= 0.3 is 0 Å². The second kappa shape index (κ2) is 7.89. The van der Waals surface area contributed by atoms with Crippen molar-refractivity contribution >= 4 is 5.91 Å². The van der Waals surface area contributed by atoms with Crippen LogP contribution < -0.4 is 4.74 Å². The van der Waals surface area contributed by atoms with Crippen LogP contribution in [0.1, 0.15) is 47.5 Å². The Balaban J connectivity index is 1.63. The summed E-state index contributed by atoms with van der Waals surface area (Å²) in [6.45, 7) is 8.80. The number of rotatable bonds is 6. The zero-order valence-electron chi connectivity index (χ0n) is 17.7. The summed E-state index contributed by atoms with van der Waals surface area (Å²) in [5.74, 6) is 0.522. The van der Waals surface area contributed by atoms with Crippen LogP contribution in [0.5, 0.6) is 11.5 Å². The first-order valence-corrected chi connectivity index (χ1v) is 10.2. The largest absolute Gasteiger partial charge is 0.452 e. The number of carbonyl (C=O) groups is 1. The number of fused-ring (bicyclic) bond motifs is 1. The minimum atomic E-state index is -0.477. The van der Waals surface area contributed by atoms with Crippen LogP contribution in [0.3, 0.4) is 0 Å². The Morgan fingerprint density at radius 3 is 2.53 bits per heavy atom. The predicted molar refractivity (Wildman–Crippen MR) is 112 cm³/mol. The highest BCUT2D eigenvalue weighted by molar-refractivity contribution is 5.94. The average molecular weight is 408 g/mol. The summed E-state index contributed by atoms with van der Waals surface area (Å²) in [5, 5.41) is 0. The number of halogens is 1. The predicted octanol–water partition coefficient (Wildman–Crippen LogP) is 5.02. The first-order valence-electron chi connectivity index (χ1n) is 10.2. The highest BCUT2D eigenvalue weighted by atomic mass is 19.1. The average Bonchev–Trinajstić information content (AvgIpc) is 3.18. The van der Waals surface area contributed by atoms with Gasteiger partial charge in [0.15, 0.2) is 11.6 Å². The van der Waals surface area contributed by atoms with E-state index in [0.717, 1.165) is 24.2 Å². The highest BCUT2D eigenvalue weighted by Gasteiger charge is 2.32. The Hall–Kier alpha value is -3.22. The summed E-state index contributed by atoms with van der Waals surface area (Å²) in [5.41, 5.74) is 3.72. The van der Waals surface area contributed by atoms with Gasteiger partial charge < -0.3 is 14.2 Å². The number of ether oxygens (including phenoxy) is 1. The van der Waals surface area contributed by atoms with Gasteiger partial charge in [0.2, 0.25) is 5.82 Å². The molecule has 30 heavy (non-hydrogen) atoms. The number of unbranched alkanes of at least 4 members (excludes halogenated alkanes) is 1. The molecule has 1 aliphatic rings. The van der Waals surface area contributed by atoms with Crippen molar-refractivity contribution in [1.29, 1.82) is 0 Å². The molecular weight excluding hydrogens is 383 g/mol. The molecule has 7 heteroatoms. The third-order valence-corrected chi connectivity index (χ3v) is 5.32. The van der Waals surface area contributed by atoms with Crippen LogP contribution in [0.15, 0.2) is 30.3 Å². The van der Waals surface area contributed by atoms with Gasteiger partial charge in [0.1, 0.15) is 5.75 Å². The van der Waals surface area contributed by atoms with Gasteiger partial charge in [-0.1, -0.05) is 13.3 Å². The van der Waals surface area contributed by atoms with Crippen LogP contribution in [0, 0.1) is 26.6 Å². The van der Waals surface area contributed by atoms with Crippen molar-refractivity contribution in [2.45, 2.75) is 47.2 Å². The molecule has 1 aliphatic heterocycles. The first kappa shape index (κ1) is 20.1. The number of aryl methyl sites for hydroxylation is 3. The second-order valence-electron chi connectivity index (χ2n) is 7.64. The number of nitrogens with zero attached hydrogens (tertiary/aromatic N) is 4. The molecule has 6 nitrogen and oxygen atoms in total. The summed E-state index contributed by atoms with van der Waals surface area (Å²) in [6, 6.07) is 8.45. The van der Waals surface area contributed by atoms with Crippen LogP contribution in [0.4, 0.5) is 4.39 Å². The maximum Gasteiger partial charge on any atom is 0.291 e. The summed E-state index contributed by atoms with van der Waals surface area (Å²) in [4.78, 5) is 23.2. The lowest BCUT2D eigenvalue weighted by molar-refractivity contribution is 0.0763. The number of pyridine rings is 1. The number of imidazole rings is 1. The van der Waals surface area contributed by atoms with Crippen molar-refractivity contribution in [3.8, 4) is 22.8 Å². The minimum absolute atomic E-state index is 0.0689. The fraction of sp³-hybridized carbons (Fsp3) is 0.348. The van der Waals surface area contributed by atoms with Crippen molar-refractivity contribution in [2.75, 3.05) is 6.54 Å². The van der Waals surface area contributed by atoms with Gasteiger partial charge in [-0.25, -0.2) is 9.37 Å². The number of carbonyl (C=O) groups excluding carboxylic acids is 1. The molecule has 2 aromatic heterocycles. The molecule has 0 bridgehead atoms. The molecule has 0 radical (unpaired) electrons. The lowest BCUT2D eigenvalue weighted by Crippen LogP contribution is -2.26. The monoisotopic (exact) mass is 408 g/mol. The molecule has 0 spiro atoms. The molecule has 3 heterocycles. The number of hydrogen-bond donors (Lipinski definition) is 0. The Labute approximate surface area is 175 Å². The van der Waals surface area contributed by atoms with E-state index in [0.29, 0.717) is 41.7 Å². The molecule has 1 amide bonds. The van der Waals surface area contributed by atoms with Crippen LogP contribution >= 0.6 is 0 Å². The molecule has 1 aromatic carbocycles. The van der Waals surface area contributed by atoms with E-state index in [4.69, 9.17) is 4.74 Å². The van der Waals surface area contributed by atoms with Gasteiger partial charge in [0, 0.05) is 17.8 Å². The first-order chi connectivity index (χ1) is 14.4. The fourth-order valence-corrected chi connectivity index (χ4v) is 3.77. The topological polar surface area (TPSA) is 60.3 Å². The van der Waals surface area contributed by atoms with Gasteiger partial charge in [-0.2, -0.15) is 0 Å². The lowest BCUT2D eigenvalue weighted by Gasteiger charge is -2.16. The van der Waals surface area contributed by atoms with Crippen LogP contribution in [-0.4, -0.2) is 31.9 Å². The van der Waals surface area contributed by atoms with E-state index in [-0.39, 0.29) is 11.7 Å². The quantitative estimate of drug-likeness (QED) is 0.575. The molecule has 0 N–H and O–H groups in total. The van der Waals surface area contributed by atoms with Gasteiger partial charge in [0.05, 0.1) is 23.8 Å². The number of aromatic nitrogens is 3. The smallest absolute Gasteiger partial charge is 0.291 e. The van der Waals surface area contributed by atoms with E-state index >= 15 is 0 Å². The second-order valence-corrected chi connectivity index (χ2v) is 7.64. The molecule has 0 saturated heterocycles. The Kier molecular flexibility index (Phi) is 5.28. The third kappa shape index (κ3) is 3.56. The van der Waals surface area contributed by atoms with Gasteiger partial charge in [-0.3, -0.25) is 9.78 Å². The Morgan fingerprint density at radius 2 is 1.83 bits per heavy atom. The maximum atomic E-state index is 14.9. The van der Waals surface area contributed by atoms with E-state index < -0.39 is 5.82 Å². The summed E-state index contributed by atoms with van der Waals surface area (Å²) < 4.78 is 22.5. The van der Waals surface area contributed by atoms with E-state index in [9.17, 15) is 9.18 Å². The SMILES string of the molecule is CCCCN1Cn2c(nc(C)c2-c2ccc(Oc3ccc(C)nc3C)c(F)c2)C1=O. The molecular formula is C23H25FN4O2. The standard InChI is InChI=1S/C23H25FN4O2/c1-5-6-11-27-13-28-21(16(4)26-22(28)23(27)29)17-8-10-20(18(24)12-17)30-19-9-7-14(2)25-15(19)3/h7-10,12H,5-6,11,13H2,1-4H3. The fourth-order valence-electron chi connectivity index (χ4n) is 3.77. The Morgan fingerprint density at radius 1 is 1.07 bits per heavy atom. The molecule has 0 saturated carbocycles. The van der Waals surface area contributed by atoms with Gasteiger partial charge in [-0.05, 0) is 57.5 Å². The van der Waals surface area contributed by atoms with Crippen molar-refractivity contribution in [2.24, 2.45) is 0 Å². The summed E-state index contributed by atoms with van der Waals surface area (Å²) in [6.07, 6.45) is 1.96. The van der Waals surface area contributed by atoms with E-state index in [1.54, 1.807) is 23.1 Å². The molecule has 0 atom stereocenters. The van der Waals surface area contributed by atoms with Crippen LogP contribution in [-0.2, 0) is 6.67 Å². The van der Waals surface area contributed by atoms with E-state index in [2.05, 4.69) is 16.9 Å². The Bertz CT molecular complexity index is 1120. The van der Waals surface area contributed by atoms with Crippen molar-refractivity contribution in [3.05, 3.63) is 59.1 Å². The number of amides is 1. The summed E-state index contributed by atoms with van der Waals surface area (Å²) >= 11 is 0. The lowest BCUT2D eigenvalue weighted by atomic mass is 10.1. The molecule has 0 unspecified atom stereocenters. The third-order valence-electron chi connectivity index (χ3n) is 5.32. The number of hydrogen-bond acceptors (Lipinski definition) is 4. The molecule has 156 valence electrons. The van der Waals surface area contributed by atoms with Crippen LogP contribution in [0.25, 0.3) is 11.3 Å². The minimum Gasteiger partial charge on any atom is -0.452 e. The normalized spacial score (nSPS) is 13.1. The van der Waals surface area contributed by atoms with Gasteiger partial charge in [0.25, 0.3) is 5.91 Å². The van der Waals surface area contributed by atoms with E-state index in [1.165, 1.54) is 6.07 Å². The molecule has 4 rings (SSSR count). The van der Waals surface area contributed by atoms with Crippen LogP contribution in [0.2, 0.25) is 0 Å². The van der Waals surface area contributed by atoms with Gasteiger partial charge in [-0.15, -0.1) is 0 Å². The van der Waals surface area contributed by atoms with E-state index in [1.807, 2.05) is 31.4 Å². The maximum absolute atomic E-state index is 14.9. The van der Waals surface area contributed by atoms with Crippen molar-refractivity contribution in [1.82, 2.24) is 19.4 Å². The van der Waals surface area contributed by atoms with Crippen molar-refractivity contribution < 1.29 is 13.9 Å². The zero-order chi connectivity index (χ0) is 21.4. The molecule has 3 aromatic rings. The summed E-state index contributed by atoms with van der Waals surface area (Å²) in [7, 11) is 0. The number of benzene rings is 1. The molecule has 0 fully saturated rings. The molecule has 0 aliphatic carbocycles. The highest BCUT2D eigenvalue weighted by Crippen LogP contribution is 2.33. The van der Waals surface area contributed by atoms with Crippen molar-refractivity contribution in [3.63, 3.8) is 0 Å².